The standard InChI is InChI=1S/C15H17F3O/c16-15(17,18)13-8-4-7-12(10-13)14(19)9-11-5-2-1-3-6-11/h4,7-8,10-11H,1-3,5-6,9H2. The maximum Gasteiger partial charge on any atom is 0.416 e. The van der Waals surface area contributed by atoms with Crippen LogP contribution in [0.15, 0.2) is 24.3 Å². The van der Waals surface area contributed by atoms with Crippen molar-refractivity contribution in [3.63, 3.8) is 0 Å². The van der Waals surface area contributed by atoms with Crippen LogP contribution in [0.2, 0.25) is 0 Å². The molecule has 0 radical (unpaired) electrons. The zero-order valence-corrected chi connectivity index (χ0v) is 10.7. The molecule has 0 heterocycles. The summed E-state index contributed by atoms with van der Waals surface area (Å²) in [7, 11) is 0. The van der Waals surface area contributed by atoms with Gasteiger partial charge in [-0.2, -0.15) is 13.2 Å². The van der Waals surface area contributed by atoms with Crippen LogP contribution in [0, 0.1) is 5.92 Å². The van der Waals surface area contributed by atoms with E-state index in [4.69, 9.17) is 0 Å². The molecule has 1 aliphatic rings. The van der Waals surface area contributed by atoms with Crippen molar-refractivity contribution in [2.24, 2.45) is 5.92 Å². The number of carbonyl (C=O) groups is 1. The Balaban J connectivity index is 2.06. The van der Waals surface area contributed by atoms with E-state index >= 15 is 0 Å². The van der Waals surface area contributed by atoms with E-state index in [2.05, 4.69) is 0 Å². The molecule has 19 heavy (non-hydrogen) atoms. The molecule has 1 aromatic rings. The molecule has 0 aliphatic heterocycles. The van der Waals surface area contributed by atoms with Crippen molar-refractivity contribution in [1.29, 1.82) is 0 Å². The first-order valence-corrected chi connectivity index (χ1v) is 6.67. The van der Waals surface area contributed by atoms with Gasteiger partial charge in [0, 0.05) is 12.0 Å². The molecule has 1 fully saturated rings. The quantitative estimate of drug-likeness (QED) is 0.717. The van der Waals surface area contributed by atoms with Crippen molar-refractivity contribution in [3.8, 4) is 0 Å². The van der Waals surface area contributed by atoms with Crippen LogP contribution in [0.4, 0.5) is 13.2 Å². The third-order valence-corrected chi connectivity index (χ3v) is 3.71. The lowest BCUT2D eigenvalue weighted by Gasteiger charge is -2.20. The smallest absolute Gasteiger partial charge is 0.294 e. The van der Waals surface area contributed by atoms with E-state index in [-0.39, 0.29) is 11.3 Å². The molecule has 0 saturated heterocycles. The van der Waals surface area contributed by atoms with Gasteiger partial charge in [0.25, 0.3) is 0 Å². The number of carbonyl (C=O) groups excluding carboxylic acids is 1. The van der Waals surface area contributed by atoms with Crippen LogP contribution in [0.3, 0.4) is 0 Å². The molecule has 2 rings (SSSR count). The lowest BCUT2D eigenvalue weighted by molar-refractivity contribution is -0.137. The molecule has 0 spiro atoms. The molecular formula is C15H17F3O. The Hall–Kier alpha value is -1.32. The lowest BCUT2D eigenvalue weighted by Crippen LogP contribution is -2.13. The second kappa shape index (κ2) is 5.76. The fourth-order valence-electron chi connectivity index (χ4n) is 2.64. The Morgan fingerprint density at radius 2 is 1.84 bits per heavy atom. The van der Waals surface area contributed by atoms with Gasteiger partial charge in [0.15, 0.2) is 5.78 Å². The number of alkyl halides is 3. The highest BCUT2D eigenvalue weighted by atomic mass is 19.4. The predicted molar refractivity (Wildman–Crippen MR) is 67.0 cm³/mol. The highest BCUT2D eigenvalue weighted by molar-refractivity contribution is 5.96. The lowest BCUT2D eigenvalue weighted by atomic mass is 9.84. The molecule has 1 nitrogen and oxygen atoms in total. The van der Waals surface area contributed by atoms with E-state index in [0.29, 0.717) is 12.3 Å². The summed E-state index contributed by atoms with van der Waals surface area (Å²) >= 11 is 0. The summed E-state index contributed by atoms with van der Waals surface area (Å²) in [5.41, 5.74) is -0.567. The highest BCUT2D eigenvalue weighted by Crippen LogP contribution is 2.31. The van der Waals surface area contributed by atoms with Gasteiger partial charge in [-0.3, -0.25) is 4.79 Å². The summed E-state index contributed by atoms with van der Waals surface area (Å²) in [6, 6.07) is 4.74. The van der Waals surface area contributed by atoms with Crippen molar-refractivity contribution >= 4 is 5.78 Å². The average Bonchev–Trinajstić information content (AvgIpc) is 2.39. The van der Waals surface area contributed by atoms with Crippen molar-refractivity contribution in [3.05, 3.63) is 35.4 Å². The zero-order chi connectivity index (χ0) is 13.9. The molecule has 1 aliphatic carbocycles. The summed E-state index contributed by atoms with van der Waals surface area (Å²) in [6.07, 6.45) is 1.48. The molecule has 0 aromatic heterocycles. The van der Waals surface area contributed by atoms with Gasteiger partial charge >= 0.3 is 6.18 Å². The van der Waals surface area contributed by atoms with Crippen molar-refractivity contribution in [2.75, 3.05) is 0 Å². The highest BCUT2D eigenvalue weighted by Gasteiger charge is 2.31. The van der Waals surface area contributed by atoms with Gasteiger partial charge in [-0.15, -0.1) is 0 Å². The number of benzene rings is 1. The second-order valence-corrected chi connectivity index (χ2v) is 5.21. The fourth-order valence-corrected chi connectivity index (χ4v) is 2.64. The van der Waals surface area contributed by atoms with Gasteiger partial charge in [0.2, 0.25) is 0 Å². The third-order valence-electron chi connectivity index (χ3n) is 3.71. The molecule has 1 aromatic carbocycles. The van der Waals surface area contributed by atoms with Crippen LogP contribution in [-0.2, 0) is 6.18 Å². The monoisotopic (exact) mass is 270 g/mol. The van der Waals surface area contributed by atoms with Crippen molar-refractivity contribution in [2.45, 2.75) is 44.7 Å². The Morgan fingerprint density at radius 3 is 2.47 bits per heavy atom. The van der Waals surface area contributed by atoms with E-state index in [1.807, 2.05) is 0 Å². The van der Waals surface area contributed by atoms with Gasteiger partial charge in [0.05, 0.1) is 5.56 Å². The Kier molecular flexibility index (Phi) is 4.27. The number of halogens is 3. The van der Waals surface area contributed by atoms with Crippen molar-refractivity contribution < 1.29 is 18.0 Å². The summed E-state index contributed by atoms with van der Waals surface area (Å²) in [6.45, 7) is 0. The Labute approximate surface area is 110 Å². The number of Topliss-reactive ketones (excluding diaryl/α,β-unsaturated/α-hetero) is 1. The number of hydrogen-bond acceptors (Lipinski definition) is 1. The minimum Gasteiger partial charge on any atom is -0.294 e. The van der Waals surface area contributed by atoms with Crippen LogP contribution in [0.1, 0.15) is 54.4 Å². The van der Waals surface area contributed by atoms with Gasteiger partial charge in [0.1, 0.15) is 0 Å². The van der Waals surface area contributed by atoms with E-state index < -0.39 is 11.7 Å². The molecule has 4 heteroatoms. The zero-order valence-electron chi connectivity index (χ0n) is 10.7. The maximum absolute atomic E-state index is 12.6. The molecule has 0 N–H and O–H groups in total. The number of hydrogen-bond donors (Lipinski definition) is 0. The van der Waals surface area contributed by atoms with E-state index in [1.54, 1.807) is 0 Å². The van der Waals surface area contributed by atoms with Crippen molar-refractivity contribution in [1.82, 2.24) is 0 Å². The molecule has 0 bridgehead atoms. The van der Waals surface area contributed by atoms with Crippen LogP contribution < -0.4 is 0 Å². The van der Waals surface area contributed by atoms with Gasteiger partial charge in [-0.25, -0.2) is 0 Å². The number of ketones is 1. The minimum atomic E-state index is -4.39. The molecule has 0 amide bonds. The van der Waals surface area contributed by atoms with Crippen LogP contribution >= 0.6 is 0 Å². The first-order chi connectivity index (χ1) is 8.97. The summed E-state index contributed by atoms with van der Waals surface area (Å²) in [5.74, 6) is 0.175. The maximum atomic E-state index is 12.6. The first-order valence-electron chi connectivity index (χ1n) is 6.67. The molecule has 0 atom stereocenters. The fraction of sp³-hybridized carbons (Fsp3) is 0.533. The minimum absolute atomic E-state index is 0.169. The third kappa shape index (κ3) is 3.82. The van der Waals surface area contributed by atoms with Gasteiger partial charge in [-0.1, -0.05) is 44.2 Å². The molecule has 1 saturated carbocycles. The number of rotatable bonds is 3. The average molecular weight is 270 g/mol. The van der Waals surface area contributed by atoms with E-state index in [0.717, 1.165) is 37.8 Å². The summed E-state index contributed by atoms with van der Waals surface area (Å²) in [4.78, 5) is 12.0. The molecular weight excluding hydrogens is 253 g/mol. The van der Waals surface area contributed by atoms with E-state index in [9.17, 15) is 18.0 Å². The van der Waals surface area contributed by atoms with Crippen LogP contribution in [0.5, 0.6) is 0 Å². The molecule has 0 unspecified atom stereocenters. The van der Waals surface area contributed by atoms with Crippen LogP contribution in [0.25, 0.3) is 0 Å². The normalized spacial score (nSPS) is 17.4. The van der Waals surface area contributed by atoms with Gasteiger partial charge in [-0.05, 0) is 18.1 Å². The summed E-state index contributed by atoms with van der Waals surface area (Å²) < 4.78 is 37.7. The second-order valence-electron chi connectivity index (χ2n) is 5.21. The predicted octanol–water partition coefficient (Wildman–Crippen LogP) is 4.86. The molecule has 104 valence electrons. The Morgan fingerprint density at radius 1 is 1.16 bits per heavy atom. The summed E-state index contributed by atoms with van der Waals surface area (Å²) in [5, 5.41) is 0. The van der Waals surface area contributed by atoms with Gasteiger partial charge < -0.3 is 0 Å². The largest absolute Gasteiger partial charge is 0.416 e. The van der Waals surface area contributed by atoms with E-state index in [1.165, 1.54) is 18.6 Å². The SMILES string of the molecule is O=C(CC1CCCCC1)c1cccc(C(F)(F)F)c1. The Bertz CT molecular complexity index is 445. The topological polar surface area (TPSA) is 17.1 Å². The first kappa shape index (κ1) is 14.1. The van der Waals surface area contributed by atoms with Crippen LogP contribution in [-0.4, -0.2) is 5.78 Å².